The molecule has 0 saturated heterocycles. The number of aryl methyl sites for hydroxylation is 1. The number of nitrogens with one attached hydrogen (secondary N) is 1. The number of para-hydroxylation sites is 1. The van der Waals surface area contributed by atoms with Gasteiger partial charge in [0.15, 0.2) is 11.4 Å². The van der Waals surface area contributed by atoms with E-state index in [0.29, 0.717) is 17.9 Å². The van der Waals surface area contributed by atoms with E-state index in [9.17, 15) is 0 Å². The minimum Gasteiger partial charge on any atom is -0.450 e. The summed E-state index contributed by atoms with van der Waals surface area (Å²) in [6.45, 7) is 3.50. The molecule has 0 atom stereocenters. The van der Waals surface area contributed by atoms with Gasteiger partial charge in [-0.1, -0.05) is 12.1 Å². The molecule has 3 heterocycles. The normalized spacial score (nSPS) is 11.3. The second-order valence-electron chi connectivity index (χ2n) is 5.21. The molecule has 0 unspecified atom stereocenters. The average Bonchev–Trinajstić information content (AvgIpc) is 3.11. The van der Waals surface area contributed by atoms with Crippen molar-refractivity contribution in [2.45, 2.75) is 13.5 Å². The Morgan fingerprint density at radius 1 is 1.23 bits per heavy atom. The molecule has 0 aliphatic rings. The van der Waals surface area contributed by atoms with Crippen LogP contribution in [0.3, 0.4) is 0 Å². The van der Waals surface area contributed by atoms with Crippen LogP contribution in [-0.4, -0.2) is 26.3 Å². The summed E-state index contributed by atoms with van der Waals surface area (Å²) in [7, 11) is 0. The lowest BCUT2D eigenvalue weighted by molar-refractivity contribution is 0.633. The zero-order chi connectivity index (χ0) is 14.9. The van der Waals surface area contributed by atoms with Gasteiger partial charge < -0.3 is 9.73 Å². The van der Waals surface area contributed by atoms with Gasteiger partial charge in [-0.25, -0.2) is 9.97 Å². The third-order valence-electron chi connectivity index (χ3n) is 3.55. The topological polar surface area (TPSA) is 68.8 Å². The molecule has 6 nitrogen and oxygen atoms in total. The van der Waals surface area contributed by atoms with E-state index < -0.39 is 0 Å². The highest BCUT2D eigenvalue weighted by Gasteiger charge is 2.12. The van der Waals surface area contributed by atoms with E-state index in [-0.39, 0.29) is 0 Å². The van der Waals surface area contributed by atoms with Crippen molar-refractivity contribution >= 4 is 27.9 Å². The van der Waals surface area contributed by atoms with Gasteiger partial charge in [0, 0.05) is 18.1 Å². The van der Waals surface area contributed by atoms with Crippen molar-refractivity contribution in [3.8, 4) is 0 Å². The molecular formula is C16H15N5O. The van der Waals surface area contributed by atoms with Crippen LogP contribution in [0.1, 0.15) is 5.56 Å². The van der Waals surface area contributed by atoms with Crippen LogP contribution in [0.25, 0.3) is 22.1 Å². The van der Waals surface area contributed by atoms with Crippen LogP contribution in [0.2, 0.25) is 0 Å². The van der Waals surface area contributed by atoms with E-state index in [1.165, 1.54) is 0 Å². The molecule has 0 radical (unpaired) electrons. The number of hydrogen-bond acceptors (Lipinski definition) is 5. The van der Waals surface area contributed by atoms with Crippen molar-refractivity contribution in [2.75, 3.05) is 11.9 Å². The maximum atomic E-state index is 5.88. The summed E-state index contributed by atoms with van der Waals surface area (Å²) < 4.78 is 7.78. The van der Waals surface area contributed by atoms with Crippen molar-refractivity contribution < 1.29 is 4.42 Å². The predicted molar refractivity (Wildman–Crippen MR) is 84.8 cm³/mol. The van der Waals surface area contributed by atoms with Gasteiger partial charge in [0.25, 0.3) is 0 Å². The van der Waals surface area contributed by atoms with E-state index >= 15 is 0 Å². The first-order valence-corrected chi connectivity index (χ1v) is 7.16. The fourth-order valence-corrected chi connectivity index (χ4v) is 2.53. The van der Waals surface area contributed by atoms with Crippen molar-refractivity contribution in [1.29, 1.82) is 0 Å². The van der Waals surface area contributed by atoms with Crippen molar-refractivity contribution in [2.24, 2.45) is 0 Å². The average molecular weight is 293 g/mol. The molecule has 6 heteroatoms. The SMILES string of the molecule is Cc1cnn(CCNc2ncnc3c2oc2ccccc23)c1. The molecule has 0 aliphatic carbocycles. The highest BCUT2D eigenvalue weighted by molar-refractivity contribution is 6.05. The van der Waals surface area contributed by atoms with Gasteiger partial charge in [-0.15, -0.1) is 0 Å². The van der Waals surface area contributed by atoms with Crippen LogP contribution in [-0.2, 0) is 6.54 Å². The number of aromatic nitrogens is 4. The smallest absolute Gasteiger partial charge is 0.196 e. The van der Waals surface area contributed by atoms with Gasteiger partial charge in [-0.05, 0) is 24.6 Å². The summed E-state index contributed by atoms with van der Waals surface area (Å²) in [6, 6.07) is 7.87. The molecule has 0 saturated carbocycles. The molecule has 22 heavy (non-hydrogen) atoms. The van der Waals surface area contributed by atoms with Gasteiger partial charge in [-0.3, -0.25) is 4.68 Å². The van der Waals surface area contributed by atoms with Gasteiger partial charge in [0.2, 0.25) is 0 Å². The molecule has 1 N–H and O–H groups in total. The molecular weight excluding hydrogens is 278 g/mol. The Morgan fingerprint density at radius 2 is 2.14 bits per heavy atom. The largest absolute Gasteiger partial charge is 0.450 e. The second-order valence-corrected chi connectivity index (χ2v) is 5.21. The van der Waals surface area contributed by atoms with Crippen LogP contribution >= 0.6 is 0 Å². The highest BCUT2D eigenvalue weighted by Crippen LogP contribution is 2.30. The maximum Gasteiger partial charge on any atom is 0.196 e. The number of nitrogens with zero attached hydrogens (tertiary/aromatic N) is 4. The van der Waals surface area contributed by atoms with Crippen LogP contribution < -0.4 is 5.32 Å². The van der Waals surface area contributed by atoms with E-state index in [1.807, 2.05) is 48.3 Å². The Hall–Kier alpha value is -2.89. The Kier molecular flexibility index (Phi) is 3.00. The Labute approximate surface area is 126 Å². The summed E-state index contributed by atoms with van der Waals surface area (Å²) in [6.07, 6.45) is 5.42. The summed E-state index contributed by atoms with van der Waals surface area (Å²) in [5.74, 6) is 0.713. The minimum absolute atomic E-state index is 0.695. The molecule has 0 fully saturated rings. The first-order valence-electron chi connectivity index (χ1n) is 7.16. The molecule has 4 aromatic rings. The Bertz CT molecular complexity index is 940. The van der Waals surface area contributed by atoms with Crippen LogP contribution in [0.4, 0.5) is 5.82 Å². The first kappa shape index (κ1) is 12.8. The summed E-state index contributed by atoms with van der Waals surface area (Å²) in [4.78, 5) is 8.63. The second kappa shape index (κ2) is 5.14. The van der Waals surface area contributed by atoms with E-state index in [1.54, 1.807) is 6.33 Å². The number of benzene rings is 1. The first-order chi connectivity index (χ1) is 10.8. The number of fused-ring (bicyclic) bond motifs is 3. The van der Waals surface area contributed by atoms with Crippen molar-refractivity contribution in [3.05, 3.63) is 48.5 Å². The lowest BCUT2D eigenvalue weighted by Gasteiger charge is -2.05. The minimum atomic E-state index is 0.695. The number of hydrogen-bond donors (Lipinski definition) is 1. The zero-order valence-electron chi connectivity index (χ0n) is 12.2. The van der Waals surface area contributed by atoms with E-state index in [0.717, 1.165) is 28.6 Å². The lowest BCUT2D eigenvalue weighted by atomic mass is 10.2. The number of rotatable bonds is 4. The third-order valence-corrected chi connectivity index (χ3v) is 3.55. The molecule has 4 rings (SSSR count). The maximum absolute atomic E-state index is 5.88. The monoisotopic (exact) mass is 293 g/mol. The van der Waals surface area contributed by atoms with Crippen LogP contribution in [0, 0.1) is 6.92 Å². The van der Waals surface area contributed by atoms with Gasteiger partial charge >= 0.3 is 0 Å². The van der Waals surface area contributed by atoms with Gasteiger partial charge in [0.1, 0.15) is 17.4 Å². The van der Waals surface area contributed by atoms with Crippen molar-refractivity contribution in [1.82, 2.24) is 19.7 Å². The molecule has 3 aromatic heterocycles. The summed E-state index contributed by atoms with van der Waals surface area (Å²) in [5.41, 5.74) is 3.51. The van der Waals surface area contributed by atoms with E-state index in [2.05, 4.69) is 20.4 Å². The zero-order valence-corrected chi connectivity index (χ0v) is 12.2. The quantitative estimate of drug-likeness (QED) is 0.626. The Morgan fingerprint density at radius 3 is 3.00 bits per heavy atom. The molecule has 0 aliphatic heterocycles. The molecule has 0 bridgehead atoms. The highest BCUT2D eigenvalue weighted by atomic mass is 16.3. The lowest BCUT2D eigenvalue weighted by Crippen LogP contribution is -2.11. The fraction of sp³-hybridized carbons (Fsp3) is 0.188. The summed E-state index contributed by atoms with van der Waals surface area (Å²) >= 11 is 0. The van der Waals surface area contributed by atoms with Gasteiger partial charge in [0.05, 0.1) is 12.7 Å². The van der Waals surface area contributed by atoms with Crippen LogP contribution in [0.15, 0.2) is 47.4 Å². The molecule has 0 amide bonds. The van der Waals surface area contributed by atoms with E-state index in [4.69, 9.17) is 4.42 Å². The number of furan rings is 1. The third kappa shape index (κ3) is 2.18. The van der Waals surface area contributed by atoms with Crippen molar-refractivity contribution in [3.63, 3.8) is 0 Å². The molecule has 110 valence electrons. The number of anilines is 1. The van der Waals surface area contributed by atoms with Crippen LogP contribution in [0.5, 0.6) is 0 Å². The Balaban J connectivity index is 1.61. The molecule has 1 aromatic carbocycles. The predicted octanol–water partition coefficient (Wildman–Crippen LogP) is 2.99. The summed E-state index contributed by atoms with van der Waals surface area (Å²) in [5, 5.41) is 8.57. The van der Waals surface area contributed by atoms with Gasteiger partial charge in [-0.2, -0.15) is 5.10 Å². The standard InChI is InChI=1S/C16H15N5O/c1-11-8-20-21(9-11)7-6-17-16-15-14(18-10-19-16)12-4-2-3-5-13(12)22-15/h2-5,8-10H,6-7H2,1H3,(H,17,18,19). The fourth-order valence-electron chi connectivity index (χ4n) is 2.53. The molecule has 0 spiro atoms.